The second-order valence-electron chi connectivity index (χ2n) is 5.59. The summed E-state index contributed by atoms with van der Waals surface area (Å²) in [5.41, 5.74) is 8.06. The standard InChI is InChI=1S/C16H20N4O/c17-16(19-21)13-4-3-9-20(11-13)10-12-7-8-18-15-6-2-1-5-14(12)15/h1-2,5-8,13,21H,3-4,9-11H2,(H2,17,19). The minimum atomic E-state index is 0.150. The summed E-state index contributed by atoms with van der Waals surface area (Å²) >= 11 is 0. The average molecular weight is 284 g/mol. The van der Waals surface area contributed by atoms with E-state index in [1.165, 1.54) is 10.9 Å². The molecule has 1 atom stereocenters. The molecular formula is C16H20N4O. The van der Waals surface area contributed by atoms with Crippen molar-refractivity contribution in [3.05, 3.63) is 42.1 Å². The van der Waals surface area contributed by atoms with Crippen LogP contribution in [-0.4, -0.2) is 34.0 Å². The summed E-state index contributed by atoms with van der Waals surface area (Å²) in [7, 11) is 0. The number of fused-ring (bicyclic) bond motifs is 1. The highest BCUT2D eigenvalue weighted by molar-refractivity contribution is 5.83. The molecule has 5 nitrogen and oxygen atoms in total. The van der Waals surface area contributed by atoms with Crippen LogP contribution in [0, 0.1) is 5.92 Å². The predicted molar refractivity (Wildman–Crippen MR) is 83.2 cm³/mol. The highest BCUT2D eigenvalue weighted by Gasteiger charge is 2.23. The summed E-state index contributed by atoms with van der Waals surface area (Å²) in [6.45, 7) is 2.76. The van der Waals surface area contributed by atoms with E-state index < -0.39 is 0 Å². The molecule has 2 aromatic rings. The molecule has 0 saturated carbocycles. The second kappa shape index (κ2) is 6.10. The average Bonchev–Trinajstić information content (AvgIpc) is 2.55. The Morgan fingerprint density at radius 1 is 1.38 bits per heavy atom. The zero-order valence-corrected chi connectivity index (χ0v) is 11.9. The van der Waals surface area contributed by atoms with E-state index >= 15 is 0 Å². The number of nitrogens with zero attached hydrogens (tertiary/aromatic N) is 3. The molecule has 3 rings (SSSR count). The van der Waals surface area contributed by atoms with Gasteiger partial charge in [0.15, 0.2) is 0 Å². The molecule has 0 amide bonds. The van der Waals surface area contributed by atoms with Crippen molar-refractivity contribution >= 4 is 16.7 Å². The van der Waals surface area contributed by atoms with Crippen molar-refractivity contribution in [1.82, 2.24) is 9.88 Å². The first kappa shape index (κ1) is 13.8. The van der Waals surface area contributed by atoms with Crippen LogP contribution in [0.15, 0.2) is 41.7 Å². The molecule has 1 aromatic heterocycles. The molecule has 1 unspecified atom stereocenters. The SMILES string of the molecule is NC(=NO)C1CCCN(Cc2ccnc3ccccc23)C1. The van der Waals surface area contributed by atoms with Crippen molar-refractivity contribution in [1.29, 1.82) is 0 Å². The van der Waals surface area contributed by atoms with Gasteiger partial charge in [0.25, 0.3) is 0 Å². The van der Waals surface area contributed by atoms with E-state index in [1.807, 2.05) is 24.4 Å². The Hall–Kier alpha value is -2.14. The van der Waals surface area contributed by atoms with Crippen molar-refractivity contribution in [2.75, 3.05) is 13.1 Å². The Morgan fingerprint density at radius 3 is 3.10 bits per heavy atom. The molecule has 110 valence electrons. The Kier molecular flexibility index (Phi) is 4.01. The van der Waals surface area contributed by atoms with Gasteiger partial charge in [-0.2, -0.15) is 0 Å². The number of piperidine rings is 1. The van der Waals surface area contributed by atoms with E-state index in [-0.39, 0.29) is 5.92 Å². The lowest BCUT2D eigenvalue weighted by molar-refractivity contribution is 0.193. The minimum Gasteiger partial charge on any atom is -0.409 e. The van der Waals surface area contributed by atoms with Gasteiger partial charge in [-0.3, -0.25) is 9.88 Å². The van der Waals surface area contributed by atoms with Crippen LogP contribution in [0.4, 0.5) is 0 Å². The van der Waals surface area contributed by atoms with Crippen LogP contribution in [0.25, 0.3) is 10.9 Å². The van der Waals surface area contributed by atoms with E-state index in [0.717, 1.165) is 38.0 Å². The normalized spacial score (nSPS) is 20.8. The molecule has 1 saturated heterocycles. The molecule has 1 aliphatic heterocycles. The van der Waals surface area contributed by atoms with Gasteiger partial charge in [-0.1, -0.05) is 23.4 Å². The molecule has 0 radical (unpaired) electrons. The first-order valence-corrected chi connectivity index (χ1v) is 7.30. The van der Waals surface area contributed by atoms with Crippen LogP contribution < -0.4 is 5.73 Å². The number of amidine groups is 1. The zero-order chi connectivity index (χ0) is 14.7. The molecular weight excluding hydrogens is 264 g/mol. The van der Waals surface area contributed by atoms with Crippen molar-refractivity contribution in [3.63, 3.8) is 0 Å². The van der Waals surface area contributed by atoms with Crippen LogP contribution >= 0.6 is 0 Å². The van der Waals surface area contributed by atoms with E-state index in [0.29, 0.717) is 5.84 Å². The van der Waals surface area contributed by atoms with Crippen molar-refractivity contribution in [2.45, 2.75) is 19.4 Å². The van der Waals surface area contributed by atoms with Crippen LogP contribution in [-0.2, 0) is 6.54 Å². The Balaban J connectivity index is 1.79. The summed E-state index contributed by atoms with van der Waals surface area (Å²) in [5, 5.41) is 13.2. The maximum Gasteiger partial charge on any atom is 0.143 e. The predicted octanol–water partition coefficient (Wildman–Crippen LogP) is 2.19. The molecule has 0 spiro atoms. The number of benzene rings is 1. The summed E-state index contributed by atoms with van der Waals surface area (Å²) in [6.07, 6.45) is 3.93. The molecule has 0 bridgehead atoms. The maximum absolute atomic E-state index is 8.84. The number of aromatic nitrogens is 1. The third-order valence-corrected chi connectivity index (χ3v) is 4.17. The lowest BCUT2D eigenvalue weighted by Gasteiger charge is -2.32. The number of para-hydroxylation sites is 1. The smallest absolute Gasteiger partial charge is 0.143 e. The van der Waals surface area contributed by atoms with Gasteiger partial charge in [0.05, 0.1) is 5.52 Å². The van der Waals surface area contributed by atoms with Gasteiger partial charge in [0.2, 0.25) is 0 Å². The fourth-order valence-electron chi connectivity index (χ4n) is 3.06. The van der Waals surface area contributed by atoms with E-state index in [4.69, 9.17) is 10.9 Å². The molecule has 1 aliphatic rings. The topological polar surface area (TPSA) is 74.7 Å². The van der Waals surface area contributed by atoms with E-state index in [1.54, 1.807) is 0 Å². The fraction of sp³-hybridized carbons (Fsp3) is 0.375. The third kappa shape index (κ3) is 2.97. The second-order valence-corrected chi connectivity index (χ2v) is 5.59. The van der Waals surface area contributed by atoms with Gasteiger partial charge in [0, 0.05) is 30.6 Å². The van der Waals surface area contributed by atoms with Gasteiger partial charge < -0.3 is 10.9 Å². The fourth-order valence-corrected chi connectivity index (χ4v) is 3.06. The Labute approximate surface area is 124 Å². The van der Waals surface area contributed by atoms with E-state index in [2.05, 4.69) is 27.2 Å². The largest absolute Gasteiger partial charge is 0.409 e. The summed E-state index contributed by atoms with van der Waals surface area (Å²) in [4.78, 5) is 6.77. The molecule has 2 heterocycles. The van der Waals surface area contributed by atoms with E-state index in [9.17, 15) is 0 Å². The summed E-state index contributed by atoms with van der Waals surface area (Å²) < 4.78 is 0. The molecule has 1 aromatic carbocycles. The first-order chi connectivity index (χ1) is 10.3. The lowest BCUT2D eigenvalue weighted by atomic mass is 9.96. The number of hydrogen-bond donors (Lipinski definition) is 2. The Bertz CT molecular complexity index is 650. The van der Waals surface area contributed by atoms with Crippen LogP contribution in [0.5, 0.6) is 0 Å². The van der Waals surface area contributed by atoms with Gasteiger partial charge in [-0.05, 0) is 37.1 Å². The first-order valence-electron chi connectivity index (χ1n) is 7.30. The van der Waals surface area contributed by atoms with Crippen molar-refractivity contribution in [3.8, 4) is 0 Å². The third-order valence-electron chi connectivity index (χ3n) is 4.17. The highest BCUT2D eigenvalue weighted by atomic mass is 16.4. The number of oxime groups is 1. The van der Waals surface area contributed by atoms with Crippen LogP contribution in [0.2, 0.25) is 0 Å². The van der Waals surface area contributed by atoms with Crippen LogP contribution in [0.1, 0.15) is 18.4 Å². The monoisotopic (exact) mass is 284 g/mol. The lowest BCUT2D eigenvalue weighted by Crippen LogP contribution is -2.40. The molecule has 1 fully saturated rings. The molecule has 21 heavy (non-hydrogen) atoms. The van der Waals surface area contributed by atoms with Gasteiger partial charge in [0.1, 0.15) is 5.84 Å². The van der Waals surface area contributed by atoms with Gasteiger partial charge in [-0.15, -0.1) is 0 Å². The molecule has 0 aliphatic carbocycles. The van der Waals surface area contributed by atoms with Crippen molar-refractivity contribution in [2.24, 2.45) is 16.8 Å². The van der Waals surface area contributed by atoms with Crippen LogP contribution in [0.3, 0.4) is 0 Å². The number of hydrogen-bond acceptors (Lipinski definition) is 4. The molecule has 5 heteroatoms. The number of pyridine rings is 1. The highest BCUT2D eigenvalue weighted by Crippen LogP contribution is 2.22. The minimum absolute atomic E-state index is 0.150. The van der Waals surface area contributed by atoms with Gasteiger partial charge in [-0.25, -0.2) is 0 Å². The summed E-state index contributed by atoms with van der Waals surface area (Å²) in [5.74, 6) is 0.496. The van der Waals surface area contributed by atoms with Gasteiger partial charge >= 0.3 is 0 Å². The van der Waals surface area contributed by atoms with Crippen molar-refractivity contribution < 1.29 is 5.21 Å². The number of nitrogens with two attached hydrogens (primary N) is 1. The zero-order valence-electron chi connectivity index (χ0n) is 11.9. The maximum atomic E-state index is 8.84. The number of likely N-dealkylation sites (tertiary alicyclic amines) is 1. The summed E-state index contributed by atoms with van der Waals surface area (Å²) in [6, 6.07) is 10.3. The quantitative estimate of drug-likeness (QED) is 0.392. The number of rotatable bonds is 3. The molecule has 3 N–H and O–H groups in total. The Morgan fingerprint density at radius 2 is 2.24 bits per heavy atom.